The third kappa shape index (κ3) is 7.06. The number of carbonyl (C=O) groups excluding carboxylic acids is 3. The third-order valence-corrected chi connectivity index (χ3v) is 15.3. The molecule has 6 atom stereocenters. The van der Waals surface area contributed by atoms with Gasteiger partial charge in [0.25, 0.3) is 5.91 Å². The standard InChI is InChI=1S/C47H55ClF3NO7/c1-7-23-52(40(55)46-22-21-44(6,41(56)59-46)42(46,3)4)27-45(57)20-18-35-32-14-11-29(24-31(53)13-10-28(2)9-8-19-43(35,45)5)25-33(32)39(54)38-17-16-37(58-38)34-26-30(47(49,50)51)12-15-36(34)48/h9,11-12,14-17,25-26,31,35,53,57H,7-8,10,13,18-24,27H2,1-6H3. The van der Waals surface area contributed by atoms with Crippen molar-refractivity contribution in [1.29, 1.82) is 0 Å². The molecule has 2 N–H and O–H groups in total. The maximum atomic E-state index is 14.8. The minimum absolute atomic E-state index is 0.000743. The van der Waals surface area contributed by atoms with E-state index in [9.17, 15) is 37.8 Å². The first-order chi connectivity index (χ1) is 27.6. The van der Waals surface area contributed by atoms with Gasteiger partial charge in [0, 0.05) is 28.5 Å². The summed E-state index contributed by atoms with van der Waals surface area (Å²) in [6.07, 6.45) is 1.81. The van der Waals surface area contributed by atoms with E-state index in [0.29, 0.717) is 81.9 Å². The van der Waals surface area contributed by atoms with Crippen LogP contribution in [0.25, 0.3) is 11.3 Å². The summed E-state index contributed by atoms with van der Waals surface area (Å²) in [5.74, 6) is -1.62. The fraction of sp³-hybridized carbons (Fsp3) is 0.553. The van der Waals surface area contributed by atoms with E-state index >= 15 is 0 Å². The van der Waals surface area contributed by atoms with Gasteiger partial charge in [0.05, 0.1) is 34.3 Å². The molecule has 5 aliphatic rings. The van der Waals surface area contributed by atoms with Crippen molar-refractivity contribution in [2.45, 2.75) is 135 Å². The van der Waals surface area contributed by atoms with Crippen molar-refractivity contribution in [3.63, 3.8) is 0 Å². The van der Waals surface area contributed by atoms with Crippen LogP contribution in [-0.2, 0) is 26.9 Å². The summed E-state index contributed by atoms with van der Waals surface area (Å²) in [4.78, 5) is 44.4. The number of nitrogens with zero attached hydrogens (tertiary/aromatic N) is 1. The molecule has 318 valence electrons. The lowest BCUT2D eigenvalue weighted by Gasteiger charge is -2.47. The van der Waals surface area contributed by atoms with Gasteiger partial charge in [-0.15, -0.1) is 0 Å². The highest BCUT2D eigenvalue weighted by molar-refractivity contribution is 6.33. The average Bonchev–Trinajstić information content (AvgIpc) is 3.85. The van der Waals surface area contributed by atoms with Gasteiger partial charge in [0.2, 0.25) is 5.78 Å². The molecular weight excluding hydrogens is 783 g/mol. The number of halogens is 4. The number of allylic oxidation sites excluding steroid dienone is 2. The number of alkyl halides is 3. The molecule has 2 heterocycles. The number of aliphatic hydroxyl groups excluding tert-OH is 1. The summed E-state index contributed by atoms with van der Waals surface area (Å²) in [5.41, 5.74) is -3.28. The Morgan fingerprint density at radius 3 is 2.39 bits per heavy atom. The topological polar surface area (TPSA) is 117 Å². The summed E-state index contributed by atoms with van der Waals surface area (Å²) >= 11 is 6.34. The van der Waals surface area contributed by atoms with Gasteiger partial charge < -0.3 is 24.3 Å². The number of amides is 1. The van der Waals surface area contributed by atoms with Crippen LogP contribution in [-0.4, -0.2) is 63.2 Å². The molecule has 2 saturated carbocycles. The normalized spacial score (nSPS) is 30.4. The first-order valence-electron chi connectivity index (χ1n) is 20.8. The number of aliphatic hydroxyl groups is 2. The largest absolute Gasteiger partial charge is 0.453 e. The number of rotatable bonds is 8. The summed E-state index contributed by atoms with van der Waals surface area (Å²) in [7, 11) is 0. The number of ketones is 1. The zero-order valence-corrected chi connectivity index (χ0v) is 35.5. The average molecular weight is 838 g/mol. The van der Waals surface area contributed by atoms with E-state index in [4.69, 9.17) is 20.8 Å². The highest BCUT2D eigenvalue weighted by Crippen LogP contribution is 2.66. The summed E-state index contributed by atoms with van der Waals surface area (Å²) in [5, 5.41) is 24.2. The maximum absolute atomic E-state index is 14.8. The number of carbonyl (C=O) groups is 3. The fourth-order valence-corrected chi connectivity index (χ4v) is 10.8. The zero-order chi connectivity index (χ0) is 42.9. The summed E-state index contributed by atoms with van der Waals surface area (Å²) in [6.45, 7) is 12.1. The monoisotopic (exact) mass is 837 g/mol. The van der Waals surface area contributed by atoms with E-state index in [1.54, 1.807) is 11.0 Å². The van der Waals surface area contributed by atoms with E-state index in [1.807, 2.05) is 53.7 Å². The Balaban J connectivity index is 1.29. The Morgan fingerprint density at radius 1 is 0.983 bits per heavy atom. The molecule has 1 aliphatic heterocycles. The molecule has 0 radical (unpaired) electrons. The zero-order valence-electron chi connectivity index (χ0n) is 34.7. The van der Waals surface area contributed by atoms with Crippen molar-refractivity contribution in [2.24, 2.45) is 16.2 Å². The van der Waals surface area contributed by atoms with Crippen molar-refractivity contribution in [1.82, 2.24) is 4.90 Å². The highest BCUT2D eigenvalue weighted by atomic mass is 35.5. The van der Waals surface area contributed by atoms with Gasteiger partial charge >= 0.3 is 12.1 Å². The number of benzene rings is 2. The SMILES string of the molecule is CCCN(CC1(O)CCC2c3ccc(cc3C(=O)c3ccc(-c4cc(C(F)(F)F)ccc4Cl)o3)CC(O)CCC(C)=CCCC21C)C(=O)C12CCC(C)(C(=O)O1)C2(C)C. The van der Waals surface area contributed by atoms with E-state index < -0.39 is 51.1 Å². The predicted molar refractivity (Wildman–Crippen MR) is 218 cm³/mol. The van der Waals surface area contributed by atoms with E-state index in [2.05, 4.69) is 6.08 Å². The molecular formula is C47H55ClF3NO7. The summed E-state index contributed by atoms with van der Waals surface area (Å²) in [6, 6.07) is 11.3. The van der Waals surface area contributed by atoms with Crippen molar-refractivity contribution >= 4 is 29.3 Å². The highest BCUT2D eigenvalue weighted by Gasteiger charge is 2.76. The second-order valence-corrected chi connectivity index (χ2v) is 18.9. The number of esters is 1. The molecule has 0 spiro atoms. The number of furan rings is 1. The molecule has 8 nitrogen and oxygen atoms in total. The van der Waals surface area contributed by atoms with Crippen LogP contribution in [0.3, 0.4) is 0 Å². The molecule has 8 rings (SSSR count). The number of hydrogen-bond donors (Lipinski definition) is 2. The van der Waals surface area contributed by atoms with Crippen LogP contribution in [0.4, 0.5) is 13.2 Å². The van der Waals surface area contributed by atoms with Gasteiger partial charge in [-0.3, -0.25) is 14.4 Å². The van der Waals surface area contributed by atoms with E-state index in [-0.39, 0.29) is 46.4 Å². The van der Waals surface area contributed by atoms with E-state index in [0.717, 1.165) is 29.3 Å². The molecule has 6 unspecified atom stereocenters. The van der Waals surface area contributed by atoms with Gasteiger partial charge in [-0.25, -0.2) is 0 Å². The Labute approximate surface area is 349 Å². The van der Waals surface area contributed by atoms with Crippen molar-refractivity contribution in [3.05, 3.63) is 93.2 Å². The minimum atomic E-state index is -4.62. The van der Waals surface area contributed by atoms with Gasteiger partial charge in [-0.2, -0.15) is 13.2 Å². The molecule has 1 saturated heterocycles. The van der Waals surface area contributed by atoms with Gasteiger partial charge in [0.15, 0.2) is 11.4 Å². The molecule has 4 aliphatic carbocycles. The molecule has 12 heteroatoms. The van der Waals surface area contributed by atoms with Crippen molar-refractivity contribution < 1.29 is 46.9 Å². The first-order valence-corrected chi connectivity index (χ1v) is 21.2. The van der Waals surface area contributed by atoms with Gasteiger partial charge in [-0.1, -0.05) is 63.1 Å². The number of ether oxygens (including phenoxy) is 1. The Bertz CT molecular complexity index is 2190. The van der Waals surface area contributed by atoms with Gasteiger partial charge in [0.1, 0.15) is 5.76 Å². The van der Waals surface area contributed by atoms with Crippen LogP contribution in [0.1, 0.15) is 138 Å². The van der Waals surface area contributed by atoms with Crippen LogP contribution in [0.2, 0.25) is 5.02 Å². The Hall–Kier alpha value is -3.93. The molecule has 59 heavy (non-hydrogen) atoms. The predicted octanol–water partition coefficient (Wildman–Crippen LogP) is 10.2. The van der Waals surface area contributed by atoms with E-state index in [1.165, 1.54) is 12.1 Å². The Kier molecular flexibility index (Phi) is 11.1. The first kappa shape index (κ1) is 43.2. The number of fused-ring (bicyclic) bond motifs is 10. The maximum Gasteiger partial charge on any atom is 0.416 e. The summed E-state index contributed by atoms with van der Waals surface area (Å²) < 4.78 is 53.0. The minimum Gasteiger partial charge on any atom is -0.453 e. The molecule has 3 aromatic rings. The second-order valence-electron chi connectivity index (χ2n) is 18.5. The lowest BCUT2D eigenvalue weighted by molar-refractivity contribution is -0.177. The van der Waals surface area contributed by atoms with Crippen LogP contribution < -0.4 is 0 Å². The van der Waals surface area contributed by atoms with Gasteiger partial charge in [-0.05, 0) is 131 Å². The lowest BCUT2D eigenvalue weighted by atomic mass is 9.64. The molecule has 4 bridgehead atoms. The van der Waals surface area contributed by atoms with Crippen LogP contribution in [0.5, 0.6) is 0 Å². The quantitative estimate of drug-likeness (QED) is 0.132. The van der Waals surface area contributed by atoms with Crippen LogP contribution in [0.15, 0.2) is 64.6 Å². The van der Waals surface area contributed by atoms with Crippen molar-refractivity contribution in [3.8, 4) is 11.3 Å². The molecule has 2 aromatic carbocycles. The third-order valence-electron chi connectivity index (χ3n) is 15.0. The molecule has 1 amide bonds. The number of hydrogen-bond acceptors (Lipinski definition) is 7. The second kappa shape index (κ2) is 15.2. The van der Waals surface area contributed by atoms with Crippen LogP contribution >= 0.6 is 11.6 Å². The molecule has 1 aromatic heterocycles. The smallest absolute Gasteiger partial charge is 0.416 e. The van der Waals surface area contributed by atoms with Crippen LogP contribution in [0, 0.1) is 16.2 Å². The fourth-order valence-electron chi connectivity index (χ4n) is 10.6. The molecule has 3 fully saturated rings. The van der Waals surface area contributed by atoms with Crippen molar-refractivity contribution in [2.75, 3.05) is 13.1 Å². The lowest BCUT2D eigenvalue weighted by Crippen LogP contribution is -2.60. The Morgan fingerprint density at radius 2 is 1.73 bits per heavy atom.